The van der Waals surface area contributed by atoms with E-state index in [0.29, 0.717) is 10.1 Å². The lowest BCUT2D eigenvalue weighted by molar-refractivity contribution is -0.142. The molecule has 2 aromatic carbocycles. The Morgan fingerprint density at radius 1 is 1.06 bits per heavy atom. The summed E-state index contributed by atoms with van der Waals surface area (Å²) in [6, 6.07) is 18.3. The monoisotopic (exact) mass is 488 g/mol. The van der Waals surface area contributed by atoms with Crippen LogP contribution in [-0.4, -0.2) is 20.5 Å². The average Bonchev–Trinajstić information content (AvgIpc) is 3.10. The Balaban J connectivity index is 1.79. The predicted molar refractivity (Wildman–Crippen MR) is 113 cm³/mol. The van der Waals surface area contributed by atoms with Gasteiger partial charge in [-0.25, -0.2) is 9.50 Å². The molecule has 0 aliphatic rings. The van der Waals surface area contributed by atoms with Crippen molar-refractivity contribution in [2.75, 3.05) is 0 Å². The molecule has 0 bridgehead atoms. The molecule has 2 heterocycles. The third-order valence-corrected chi connectivity index (χ3v) is 5.49. The fourth-order valence-corrected chi connectivity index (χ4v) is 3.70. The molecule has 1 amide bonds. The normalized spacial score (nSPS) is 12.7. The second-order valence-corrected chi connectivity index (χ2v) is 7.69. The van der Waals surface area contributed by atoms with E-state index >= 15 is 0 Å². The van der Waals surface area contributed by atoms with Gasteiger partial charge in [0.1, 0.15) is 0 Å². The summed E-state index contributed by atoms with van der Waals surface area (Å²) in [6.45, 7) is 1.78. The lowest BCUT2D eigenvalue weighted by Gasteiger charge is -2.13. The van der Waals surface area contributed by atoms with Crippen molar-refractivity contribution in [1.82, 2.24) is 19.9 Å². The van der Waals surface area contributed by atoms with Crippen molar-refractivity contribution >= 4 is 27.5 Å². The standard InChI is InChI=1S/C22H16BrF3N4O/c1-13(14-8-4-2-5-9-14)27-21(31)19-18(23)20-28-16(15-10-6-3-7-11-15)12-17(22(24,25)26)30(20)29-19/h2-13H,1H3,(H,27,31)/t13-/m1/s1. The minimum absolute atomic E-state index is 0.0912. The number of carbonyl (C=O) groups excluding carboxylic acids is 1. The summed E-state index contributed by atoms with van der Waals surface area (Å²) in [5, 5.41) is 6.70. The summed E-state index contributed by atoms with van der Waals surface area (Å²) in [5.41, 5.74) is 0.221. The van der Waals surface area contributed by atoms with Crippen LogP contribution >= 0.6 is 15.9 Å². The number of nitrogens with one attached hydrogen (secondary N) is 1. The van der Waals surface area contributed by atoms with Crippen LogP contribution in [0.3, 0.4) is 0 Å². The van der Waals surface area contributed by atoms with E-state index in [0.717, 1.165) is 11.6 Å². The molecule has 0 radical (unpaired) electrons. The number of benzene rings is 2. The number of amides is 1. The second-order valence-electron chi connectivity index (χ2n) is 6.89. The molecule has 5 nitrogen and oxygen atoms in total. The number of fused-ring (bicyclic) bond motifs is 1. The molecular weight excluding hydrogens is 473 g/mol. The zero-order valence-electron chi connectivity index (χ0n) is 16.2. The molecule has 31 heavy (non-hydrogen) atoms. The molecule has 0 spiro atoms. The van der Waals surface area contributed by atoms with E-state index in [1.54, 1.807) is 37.3 Å². The van der Waals surface area contributed by atoms with Gasteiger partial charge in [-0.2, -0.15) is 18.3 Å². The maximum absolute atomic E-state index is 13.8. The predicted octanol–water partition coefficient (Wildman–Crippen LogP) is 5.67. The molecule has 158 valence electrons. The Labute approximate surface area is 184 Å². The van der Waals surface area contributed by atoms with Gasteiger partial charge in [0.25, 0.3) is 5.91 Å². The van der Waals surface area contributed by atoms with E-state index in [1.165, 1.54) is 0 Å². The Morgan fingerprint density at radius 3 is 2.29 bits per heavy atom. The SMILES string of the molecule is C[C@@H](NC(=O)c1nn2c(C(F)(F)F)cc(-c3ccccc3)nc2c1Br)c1ccccc1. The van der Waals surface area contributed by atoms with Crippen LogP contribution in [0.15, 0.2) is 71.2 Å². The van der Waals surface area contributed by atoms with Crippen LogP contribution in [0.25, 0.3) is 16.9 Å². The molecule has 4 aromatic rings. The van der Waals surface area contributed by atoms with Crippen molar-refractivity contribution in [2.45, 2.75) is 19.1 Å². The smallest absolute Gasteiger partial charge is 0.344 e. The quantitative estimate of drug-likeness (QED) is 0.402. The Hall–Kier alpha value is -3.20. The number of aromatic nitrogens is 3. The Morgan fingerprint density at radius 2 is 1.68 bits per heavy atom. The van der Waals surface area contributed by atoms with Crippen LogP contribution in [0, 0.1) is 0 Å². The van der Waals surface area contributed by atoms with Gasteiger partial charge >= 0.3 is 6.18 Å². The third-order valence-electron chi connectivity index (χ3n) is 4.76. The fourth-order valence-electron chi connectivity index (χ4n) is 3.19. The highest BCUT2D eigenvalue weighted by Gasteiger charge is 2.36. The zero-order valence-corrected chi connectivity index (χ0v) is 17.8. The van der Waals surface area contributed by atoms with Crippen molar-refractivity contribution < 1.29 is 18.0 Å². The van der Waals surface area contributed by atoms with Crippen LogP contribution in [0.4, 0.5) is 13.2 Å². The number of carbonyl (C=O) groups is 1. The topological polar surface area (TPSA) is 59.3 Å². The van der Waals surface area contributed by atoms with E-state index in [2.05, 4.69) is 31.3 Å². The van der Waals surface area contributed by atoms with E-state index in [1.807, 2.05) is 30.3 Å². The summed E-state index contributed by atoms with van der Waals surface area (Å²) in [4.78, 5) is 17.1. The van der Waals surface area contributed by atoms with Crippen molar-refractivity contribution in [3.8, 4) is 11.3 Å². The van der Waals surface area contributed by atoms with Gasteiger partial charge in [-0.3, -0.25) is 4.79 Å². The first kappa shape index (κ1) is 21.0. The third kappa shape index (κ3) is 4.18. The molecule has 4 rings (SSSR count). The van der Waals surface area contributed by atoms with Crippen molar-refractivity contribution in [3.63, 3.8) is 0 Å². The highest BCUT2D eigenvalue weighted by molar-refractivity contribution is 9.10. The number of rotatable bonds is 4. The Kier molecular flexibility index (Phi) is 5.53. The lowest BCUT2D eigenvalue weighted by atomic mass is 10.1. The van der Waals surface area contributed by atoms with E-state index in [4.69, 9.17) is 0 Å². The summed E-state index contributed by atoms with van der Waals surface area (Å²) in [5.74, 6) is -0.608. The molecule has 0 aliphatic carbocycles. The Bertz CT molecular complexity index is 1240. The fraction of sp³-hybridized carbons (Fsp3) is 0.136. The minimum Gasteiger partial charge on any atom is -0.344 e. The zero-order chi connectivity index (χ0) is 22.2. The molecule has 0 saturated heterocycles. The number of hydrogen-bond donors (Lipinski definition) is 1. The number of alkyl halides is 3. The molecule has 0 aliphatic heterocycles. The van der Waals surface area contributed by atoms with E-state index < -0.39 is 17.8 Å². The number of halogens is 4. The minimum atomic E-state index is -4.69. The van der Waals surface area contributed by atoms with Gasteiger partial charge in [0, 0.05) is 5.56 Å². The first-order valence-corrected chi connectivity index (χ1v) is 10.1. The molecule has 1 atom stereocenters. The van der Waals surface area contributed by atoms with Crippen LogP contribution < -0.4 is 5.32 Å². The van der Waals surface area contributed by atoms with Gasteiger partial charge in [0.2, 0.25) is 0 Å². The van der Waals surface area contributed by atoms with Crippen molar-refractivity contribution in [1.29, 1.82) is 0 Å². The molecule has 2 aromatic heterocycles. The van der Waals surface area contributed by atoms with E-state index in [-0.39, 0.29) is 27.5 Å². The van der Waals surface area contributed by atoms with E-state index in [9.17, 15) is 18.0 Å². The van der Waals surface area contributed by atoms with Crippen LogP contribution in [0.1, 0.15) is 34.7 Å². The first-order chi connectivity index (χ1) is 14.8. The molecule has 0 unspecified atom stereocenters. The van der Waals surface area contributed by atoms with Gasteiger partial charge in [-0.15, -0.1) is 0 Å². The lowest BCUT2D eigenvalue weighted by Crippen LogP contribution is -2.27. The first-order valence-electron chi connectivity index (χ1n) is 9.33. The van der Waals surface area contributed by atoms with Gasteiger partial charge in [-0.1, -0.05) is 60.7 Å². The average molecular weight is 489 g/mol. The van der Waals surface area contributed by atoms with Crippen molar-refractivity contribution in [3.05, 3.63) is 88.2 Å². The molecule has 1 N–H and O–H groups in total. The van der Waals surface area contributed by atoms with Gasteiger partial charge in [0.15, 0.2) is 17.0 Å². The molecule has 0 fully saturated rings. The summed E-state index contributed by atoms with van der Waals surface area (Å²) in [6.07, 6.45) is -4.69. The van der Waals surface area contributed by atoms with Gasteiger partial charge < -0.3 is 5.32 Å². The van der Waals surface area contributed by atoms with Crippen LogP contribution in [0.5, 0.6) is 0 Å². The van der Waals surface area contributed by atoms with Gasteiger partial charge in [-0.05, 0) is 34.5 Å². The summed E-state index contributed by atoms with van der Waals surface area (Å²) in [7, 11) is 0. The van der Waals surface area contributed by atoms with Gasteiger partial charge in [0.05, 0.1) is 16.2 Å². The number of hydrogen-bond acceptors (Lipinski definition) is 3. The number of nitrogens with zero attached hydrogens (tertiary/aromatic N) is 3. The summed E-state index contributed by atoms with van der Waals surface area (Å²) >= 11 is 3.23. The molecule has 9 heteroatoms. The highest BCUT2D eigenvalue weighted by Crippen LogP contribution is 2.34. The summed E-state index contributed by atoms with van der Waals surface area (Å²) < 4.78 is 42.1. The maximum Gasteiger partial charge on any atom is 0.433 e. The molecule has 0 saturated carbocycles. The van der Waals surface area contributed by atoms with Crippen LogP contribution in [-0.2, 0) is 6.18 Å². The second kappa shape index (κ2) is 8.14. The largest absolute Gasteiger partial charge is 0.433 e. The highest BCUT2D eigenvalue weighted by atomic mass is 79.9. The molecular formula is C22H16BrF3N4O. The van der Waals surface area contributed by atoms with Crippen LogP contribution in [0.2, 0.25) is 0 Å². The van der Waals surface area contributed by atoms with Crippen molar-refractivity contribution in [2.24, 2.45) is 0 Å². The maximum atomic E-state index is 13.8.